The Morgan fingerprint density at radius 3 is 2.39 bits per heavy atom. The molecule has 3 aromatic rings. The Morgan fingerprint density at radius 1 is 1.03 bits per heavy atom. The maximum Gasteiger partial charge on any atom is 0.119 e. The Balaban J connectivity index is 0.00000166. The third kappa shape index (κ3) is 6.24. The summed E-state index contributed by atoms with van der Waals surface area (Å²) >= 11 is 6.23. The lowest BCUT2D eigenvalue weighted by Gasteiger charge is -2.32. The second kappa shape index (κ2) is 11.5. The highest BCUT2D eigenvalue weighted by Crippen LogP contribution is 2.34. The first-order valence-electron chi connectivity index (χ1n) is 11.6. The number of fused-ring (bicyclic) bond motifs is 2. The summed E-state index contributed by atoms with van der Waals surface area (Å²) < 4.78 is 6.59. The van der Waals surface area contributed by atoms with Gasteiger partial charge in [0, 0.05) is 21.8 Å². The van der Waals surface area contributed by atoms with Crippen molar-refractivity contribution in [2.45, 2.75) is 53.5 Å². The third-order valence-corrected chi connectivity index (χ3v) is 6.43. The van der Waals surface area contributed by atoms with Crippen LogP contribution in [0.1, 0.15) is 47.5 Å². The predicted molar refractivity (Wildman–Crippen MR) is 137 cm³/mol. The van der Waals surface area contributed by atoms with Gasteiger partial charge in [0.1, 0.15) is 5.75 Å². The highest BCUT2D eigenvalue weighted by atomic mass is 35.5. The summed E-state index contributed by atoms with van der Waals surface area (Å²) in [5.74, 6) is 0.835. The molecular weight excluding hydrogens is 406 g/mol. The standard InChI is InChI=1S/C24H33ClN3O.C2H6/c1-6-28(4,7-2)14-8-9-17(3)26-24-20-12-10-18(25)15-23(20)27-22-13-11-19(29-5)16-21(22)24;1-2/h10-13,15-17H,6-9,14H2,1-5H3,(H,26,27);1-2H3/q+1;. The number of anilines is 1. The van der Waals surface area contributed by atoms with Crippen molar-refractivity contribution >= 4 is 39.1 Å². The number of nitrogens with zero attached hydrogens (tertiary/aromatic N) is 2. The highest BCUT2D eigenvalue weighted by Gasteiger charge is 2.17. The van der Waals surface area contributed by atoms with Gasteiger partial charge in [-0.15, -0.1) is 0 Å². The second-order valence-electron chi connectivity index (χ2n) is 8.19. The fourth-order valence-corrected chi connectivity index (χ4v) is 3.98. The van der Waals surface area contributed by atoms with Crippen molar-refractivity contribution in [1.82, 2.24) is 4.98 Å². The van der Waals surface area contributed by atoms with E-state index in [0.29, 0.717) is 11.1 Å². The van der Waals surface area contributed by atoms with Crippen LogP contribution >= 0.6 is 11.6 Å². The van der Waals surface area contributed by atoms with Crippen LogP contribution in [0.4, 0.5) is 5.69 Å². The molecule has 5 heteroatoms. The summed E-state index contributed by atoms with van der Waals surface area (Å²) in [6, 6.07) is 12.3. The van der Waals surface area contributed by atoms with Crippen LogP contribution in [-0.2, 0) is 0 Å². The Morgan fingerprint density at radius 2 is 1.74 bits per heavy atom. The number of halogens is 1. The van der Waals surface area contributed by atoms with Gasteiger partial charge in [-0.1, -0.05) is 25.4 Å². The zero-order valence-corrected chi connectivity index (χ0v) is 21.0. The minimum absolute atomic E-state index is 0.354. The minimum Gasteiger partial charge on any atom is -0.497 e. The summed E-state index contributed by atoms with van der Waals surface area (Å²) in [5, 5.41) is 6.64. The van der Waals surface area contributed by atoms with Gasteiger partial charge in [0.15, 0.2) is 0 Å². The lowest BCUT2D eigenvalue weighted by Crippen LogP contribution is -2.44. The van der Waals surface area contributed by atoms with Crippen LogP contribution < -0.4 is 10.1 Å². The Bertz CT molecular complexity index is 985. The summed E-state index contributed by atoms with van der Waals surface area (Å²) in [5.41, 5.74) is 2.96. The Kier molecular flexibility index (Phi) is 9.39. The molecule has 1 unspecified atom stereocenters. The van der Waals surface area contributed by atoms with E-state index in [0.717, 1.165) is 44.1 Å². The lowest BCUT2D eigenvalue weighted by molar-refractivity contribution is -0.906. The van der Waals surface area contributed by atoms with Crippen LogP contribution in [-0.4, -0.2) is 49.3 Å². The SMILES string of the molecule is CC.CC[N+](C)(CC)CCCC(C)Nc1c2ccc(Cl)cc2nc2ccc(OC)cc12. The Hall–Kier alpha value is -2.04. The lowest BCUT2D eigenvalue weighted by atomic mass is 10.1. The number of nitrogens with one attached hydrogen (secondary N) is 1. The smallest absolute Gasteiger partial charge is 0.119 e. The van der Waals surface area contributed by atoms with Crippen LogP contribution in [0.2, 0.25) is 5.02 Å². The van der Waals surface area contributed by atoms with E-state index in [4.69, 9.17) is 21.3 Å². The molecule has 0 aliphatic heterocycles. The highest BCUT2D eigenvalue weighted by molar-refractivity contribution is 6.31. The normalized spacial score (nSPS) is 12.4. The molecule has 0 bridgehead atoms. The van der Waals surface area contributed by atoms with Gasteiger partial charge in [0.25, 0.3) is 0 Å². The zero-order valence-electron chi connectivity index (χ0n) is 20.3. The molecule has 0 radical (unpaired) electrons. The van der Waals surface area contributed by atoms with Crippen molar-refractivity contribution < 1.29 is 9.22 Å². The molecule has 0 saturated heterocycles. The molecule has 0 spiro atoms. The molecule has 1 heterocycles. The number of ether oxygens (including phenoxy) is 1. The predicted octanol–water partition coefficient (Wildman–Crippen LogP) is 7.14. The van der Waals surface area contributed by atoms with Crippen molar-refractivity contribution in [3.63, 3.8) is 0 Å². The number of aromatic nitrogens is 1. The van der Waals surface area contributed by atoms with Crippen molar-refractivity contribution in [3.8, 4) is 5.75 Å². The van der Waals surface area contributed by atoms with E-state index in [-0.39, 0.29) is 0 Å². The van der Waals surface area contributed by atoms with Gasteiger partial charge >= 0.3 is 0 Å². The topological polar surface area (TPSA) is 34.2 Å². The quantitative estimate of drug-likeness (QED) is 0.281. The maximum absolute atomic E-state index is 6.23. The van der Waals surface area contributed by atoms with Crippen LogP contribution in [0.25, 0.3) is 21.8 Å². The molecule has 0 aliphatic carbocycles. The van der Waals surface area contributed by atoms with Gasteiger partial charge in [0.2, 0.25) is 0 Å². The fraction of sp³-hybridized carbons (Fsp3) is 0.500. The van der Waals surface area contributed by atoms with Gasteiger partial charge in [-0.2, -0.15) is 0 Å². The largest absolute Gasteiger partial charge is 0.497 e. The summed E-state index contributed by atoms with van der Waals surface area (Å²) in [4.78, 5) is 4.82. The zero-order chi connectivity index (χ0) is 23.0. The van der Waals surface area contributed by atoms with Crippen molar-refractivity contribution in [2.24, 2.45) is 0 Å². The third-order valence-electron chi connectivity index (χ3n) is 6.20. The molecule has 0 saturated carbocycles. The van der Waals surface area contributed by atoms with Crippen LogP contribution in [0, 0.1) is 0 Å². The molecule has 3 rings (SSSR count). The summed E-state index contributed by atoms with van der Waals surface area (Å²) in [6.45, 7) is 14.4. The van der Waals surface area contributed by atoms with Gasteiger partial charge in [-0.3, -0.25) is 0 Å². The van der Waals surface area contributed by atoms with Crippen molar-refractivity contribution in [3.05, 3.63) is 41.4 Å². The number of methoxy groups -OCH3 is 1. The number of rotatable bonds is 9. The number of benzene rings is 2. The average molecular weight is 445 g/mol. The first-order valence-corrected chi connectivity index (χ1v) is 11.9. The monoisotopic (exact) mass is 444 g/mol. The Labute approximate surface area is 193 Å². The molecule has 1 atom stereocenters. The van der Waals surface area contributed by atoms with Crippen molar-refractivity contribution in [1.29, 1.82) is 0 Å². The van der Waals surface area contributed by atoms with Gasteiger partial charge in [-0.05, 0) is 70.0 Å². The molecule has 170 valence electrons. The van der Waals surface area contributed by atoms with Gasteiger partial charge in [0.05, 0.1) is 50.5 Å². The van der Waals surface area contributed by atoms with E-state index in [9.17, 15) is 0 Å². The molecule has 0 aliphatic rings. The maximum atomic E-state index is 6.23. The number of quaternary nitrogens is 1. The summed E-state index contributed by atoms with van der Waals surface area (Å²) in [6.07, 6.45) is 2.32. The van der Waals surface area contributed by atoms with Crippen LogP contribution in [0.15, 0.2) is 36.4 Å². The molecule has 1 aromatic heterocycles. The summed E-state index contributed by atoms with van der Waals surface area (Å²) in [7, 11) is 4.04. The average Bonchev–Trinajstić information content (AvgIpc) is 2.79. The van der Waals surface area contributed by atoms with Gasteiger partial charge < -0.3 is 14.5 Å². The molecule has 4 nitrogen and oxygen atoms in total. The number of hydrogen-bond acceptors (Lipinski definition) is 3. The first-order chi connectivity index (χ1) is 14.9. The first kappa shape index (κ1) is 25.2. The van der Waals surface area contributed by atoms with E-state index in [1.165, 1.54) is 26.1 Å². The second-order valence-corrected chi connectivity index (χ2v) is 8.63. The van der Waals surface area contributed by atoms with E-state index >= 15 is 0 Å². The van der Waals surface area contributed by atoms with Crippen molar-refractivity contribution in [2.75, 3.05) is 39.1 Å². The van der Waals surface area contributed by atoms with Crippen LogP contribution in [0.5, 0.6) is 5.75 Å². The van der Waals surface area contributed by atoms with E-state index in [1.54, 1.807) is 7.11 Å². The van der Waals surface area contributed by atoms with Gasteiger partial charge in [-0.25, -0.2) is 4.98 Å². The molecular formula is C26H39ClN3O+. The molecule has 31 heavy (non-hydrogen) atoms. The molecule has 2 aromatic carbocycles. The van der Waals surface area contributed by atoms with E-state index in [2.05, 4.69) is 45.3 Å². The molecule has 1 N–H and O–H groups in total. The molecule has 0 amide bonds. The molecule has 0 fully saturated rings. The van der Waals surface area contributed by atoms with Crippen LogP contribution in [0.3, 0.4) is 0 Å². The minimum atomic E-state index is 0.354. The number of pyridine rings is 1. The number of hydrogen-bond donors (Lipinski definition) is 1. The fourth-order valence-electron chi connectivity index (χ4n) is 3.82. The van der Waals surface area contributed by atoms with E-state index < -0.39 is 0 Å². The van der Waals surface area contributed by atoms with E-state index in [1.807, 2.05) is 38.1 Å².